The summed E-state index contributed by atoms with van der Waals surface area (Å²) < 4.78 is 18.1. The molecule has 0 saturated carbocycles. The van der Waals surface area contributed by atoms with E-state index in [1.165, 1.54) is 12.1 Å². The van der Waals surface area contributed by atoms with Crippen molar-refractivity contribution in [3.63, 3.8) is 0 Å². The van der Waals surface area contributed by atoms with Crippen LogP contribution in [0.2, 0.25) is 0 Å². The van der Waals surface area contributed by atoms with Gasteiger partial charge in [-0.2, -0.15) is 0 Å². The van der Waals surface area contributed by atoms with E-state index in [2.05, 4.69) is 0 Å². The van der Waals surface area contributed by atoms with E-state index in [-0.39, 0.29) is 24.7 Å². The molecule has 0 saturated heterocycles. The Kier molecular flexibility index (Phi) is 4.56. The molecule has 17 heavy (non-hydrogen) atoms. The Labute approximate surface area is 98.3 Å². The highest BCUT2D eigenvalue weighted by molar-refractivity contribution is 5.66. The monoisotopic (exact) mass is 243 g/mol. The maximum Gasteiger partial charge on any atom is 0.443 e. The molecule has 0 unspecified atom stereocenters. The maximum absolute atomic E-state index is 13.3. The number of halogens is 1. The zero-order valence-corrected chi connectivity index (χ0v) is 9.64. The molecule has 1 aromatic rings. The number of hydroxylamine groups is 2. The molecule has 0 aliphatic rings. The van der Waals surface area contributed by atoms with Crippen molar-refractivity contribution in [1.82, 2.24) is 5.06 Å². The average Bonchev–Trinajstić information content (AvgIpc) is 2.28. The van der Waals surface area contributed by atoms with Gasteiger partial charge in [0.25, 0.3) is 0 Å². The molecule has 0 fully saturated rings. The minimum atomic E-state index is -0.757. The largest absolute Gasteiger partial charge is 0.508 e. The third-order valence-corrected chi connectivity index (χ3v) is 1.88. The van der Waals surface area contributed by atoms with Crippen LogP contribution in [0.1, 0.15) is 13.8 Å². The first-order valence-electron chi connectivity index (χ1n) is 5.19. The Hall–Kier alpha value is -1.98. The van der Waals surface area contributed by atoms with Gasteiger partial charge in [0.05, 0.1) is 13.2 Å². The van der Waals surface area contributed by atoms with Gasteiger partial charge in [-0.1, -0.05) is 0 Å². The number of phenolic OH excluding ortho intramolecular Hbond substituents is 1. The second-order valence-electron chi connectivity index (χ2n) is 3.10. The zero-order valence-electron chi connectivity index (χ0n) is 9.64. The Balaban J connectivity index is 2.77. The summed E-state index contributed by atoms with van der Waals surface area (Å²) >= 11 is 0. The first-order valence-corrected chi connectivity index (χ1v) is 5.19. The predicted octanol–water partition coefficient (Wildman–Crippen LogP) is 2.30. The molecular weight excluding hydrogens is 229 g/mol. The van der Waals surface area contributed by atoms with Gasteiger partial charge >= 0.3 is 6.09 Å². The number of benzene rings is 1. The van der Waals surface area contributed by atoms with Crippen molar-refractivity contribution in [3.8, 4) is 11.5 Å². The minimum absolute atomic E-state index is 0.155. The molecule has 1 rings (SSSR count). The first-order chi connectivity index (χ1) is 8.08. The van der Waals surface area contributed by atoms with Gasteiger partial charge in [0.2, 0.25) is 0 Å². The lowest BCUT2D eigenvalue weighted by Crippen LogP contribution is -2.34. The van der Waals surface area contributed by atoms with Gasteiger partial charge in [-0.15, -0.1) is 5.06 Å². The van der Waals surface area contributed by atoms with Gasteiger partial charge in [-0.05, 0) is 26.0 Å². The van der Waals surface area contributed by atoms with E-state index in [0.29, 0.717) is 0 Å². The lowest BCUT2D eigenvalue weighted by Gasteiger charge is -2.20. The summed E-state index contributed by atoms with van der Waals surface area (Å²) in [6, 6.07) is 3.39. The Bertz CT molecular complexity index is 397. The highest BCUT2D eigenvalue weighted by Crippen LogP contribution is 2.22. The number of phenols is 1. The summed E-state index contributed by atoms with van der Waals surface area (Å²) in [6.45, 7) is 3.73. The molecular formula is C11H14FNO4. The first kappa shape index (κ1) is 13.1. The van der Waals surface area contributed by atoms with Crippen LogP contribution in [0.3, 0.4) is 0 Å². The summed E-state index contributed by atoms with van der Waals surface area (Å²) in [6.07, 6.45) is -0.692. The van der Waals surface area contributed by atoms with Crippen LogP contribution >= 0.6 is 0 Å². The number of rotatable bonds is 4. The third-order valence-electron chi connectivity index (χ3n) is 1.88. The molecule has 1 N–H and O–H groups in total. The highest BCUT2D eigenvalue weighted by atomic mass is 19.1. The van der Waals surface area contributed by atoms with Gasteiger partial charge in [0.1, 0.15) is 5.75 Å². The second kappa shape index (κ2) is 5.93. The van der Waals surface area contributed by atoms with E-state index >= 15 is 0 Å². The number of hydrogen-bond donors (Lipinski definition) is 1. The topological polar surface area (TPSA) is 59.0 Å². The van der Waals surface area contributed by atoms with E-state index in [9.17, 15) is 9.18 Å². The van der Waals surface area contributed by atoms with Gasteiger partial charge in [0, 0.05) is 6.07 Å². The Morgan fingerprint density at radius 3 is 2.71 bits per heavy atom. The number of carbonyl (C=O) groups is 1. The van der Waals surface area contributed by atoms with Gasteiger partial charge in [0.15, 0.2) is 11.6 Å². The summed E-state index contributed by atoms with van der Waals surface area (Å²) in [5.74, 6) is -1.13. The maximum atomic E-state index is 13.3. The van der Waals surface area contributed by atoms with Gasteiger partial charge in [-0.3, -0.25) is 0 Å². The van der Waals surface area contributed by atoms with Crippen molar-refractivity contribution in [2.45, 2.75) is 13.8 Å². The summed E-state index contributed by atoms with van der Waals surface area (Å²) in [4.78, 5) is 16.4. The van der Waals surface area contributed by atoms with Crippen molar-refractivity contribution in [1.29, 1.82) is 0 Å². The molecule has 0 aromatic heterocycles. The fourth-order valence-corrected chi connectivity index (χ4v) is 1.11. The second-order valence-corrected chi connectivity index (χ2v) is 3.10. The number of aromatic hydroxyl groups is 1. The number of hydrogen-bond acceptors (Lipinski definition) is 4. The Morgan fingerprint density at radius 1 is 1.47 bits per heavy atom. The van der Waals surface area contributed by atoms with E-state index in [0.717, 1.165) is 11.1 Å². The van der Waals surface area contributed by atoms with Crippen LogP contribution in [-0.4, -0.2) is 29.4 Å². The third kappa shape index (κ3) is 3.51. The highest BCUT2D eigenvalue weighted by Gasteiger charge is 2.16. The van der Waals surface area contributed by atoms with Crippen LogP contribution in [0.4, 0.5) is 9.18 Å². The molecule has 0 atom stereocenters. The lowest BCUT2D eigenvalue weighted by molar-refractivity contribution is -0.0456. The van der Waals surface area contributed by atoms with Gasteiger partial charge < -0.3 is 14.7 Å². The normalized spacial score (nSPS) is 9.82. The Morgan fingerprint density at radius 2 is 2.18 bits per heavy atom. The van der Waals surface area contributed by atoms with E-state index in [1.54, 1.807) is 13.8 Å². The van der Waals surface area contributed by atoms with E-state index in [4.69, 9.17) is 14.7 Å². The van der Waals surface area contributed by atoms with Crippen molar-refractivity contribution in [3.05, 3.63) is 24.0 Å². The van der Waals surface area contributed by atoms with Crippen molar-refractivity contribution in [2.24, 2.45) is 0 Å². The van der Waals surface area contributed by atoms with Crippen molar-refractivity contribution < 1.29 is 23.9 Å². The van der Waals surface area contributed by atoms with Crippen LogP contribution in [0, 0.1) is 5.82 Å². The molecule has 0 heterocycles. The molecule has 5 nitrogen and oxygen atoms in total. The van der Waals surface area contributed by atoms with Crippen LogP contribution < -0.4 is 4.84 Å². The van der Waals surface area contributed by atoms with Crippen molar-refractivity contribution in [2.75, 3.05) is 13.2 Å². The zero-order chi connectivity index (χ0) is 12.8. The van der Waals surface area contributed by atoms with Gasteiger partial charge in [-0.25, -0.2) is 9.18 Å². The molecule has 0 aliphatic heterocycles. The predicted molar refractivity (Wildman–Crippen MR) is 58.1 cm³/mol. The standard InChI is InChI=1S/C11H14FNO4/c1-3-13(11(15)16-4-2)17-10-6-5-8(14)7-9(10)12/h5-7,14H,3-4H2,1-2H3. The molecule has 0 bridgehead atoms. The fourth-order valence-electron chi connectivity index (χ4n) is 1.11. The average molecular weight is 243 g/mol. The van der Waals surface area contributed by atoms with Crippen LogP contribution in [0.5, 0.6) is 11.5 Å². The SMILES string of the molecule is CCOC(=O)N(CC)Oc1ccc(O)cc1F. The van der Waals surface area contributed by atoms with Crippen LogP contribution in [0.15, 0.2) is 18.2 Å². The lowest BCUT2D eigenvalue weighted by atomic mass is 10.3. The van der Waals surface area contributed by atoms with Crippen molar-refractivity contribution >= 4 is 6.09 Å². The summed E-state index contributed by atoms with van der Waals surface area (Å²) in [7, 11) is 0. The molecule has 94 valence electrons. The van der Waals surface area contributed by atoms with E-state index < -0.39 is 11.9 Å². The molecule has 0 spiro atoms. The number of nitrogens with zero attached hydrogens (tertiary/aromatic N) is 1. The summed E-state index contributed by atoms with van der Waals surface area (Å²) in [5.41, 5.74) is 0. The molecule has 1 amide bonds. The summed E-state index contributed by atoms with van der Waals surface area (Å²) in [5, 5.41) is 9.91. The molecule has 0 radical (unpaired) electrons. The molecule has 1 aromatic carbocycles. The van der Waals surface area contributed by atoms with Crippen LogP contribution in [0.25, 0.3) is 0 Å². The van der Waals surface area contributed by atoms with E-state index in [1.807, 2.05) is 0 Å². The fraction of sp³-hybridized carbons (Fsp3) is 0.364. The number of amides is 1. The quantitative estimate of drug-likeness (QED) is 0.824. The number of ether oxygens (including phenoxy) is 1. The minimum Gasteiger partial charge on any atom is -0.508 e. The van der Waals surface area contributed by atoms with Crippen LogP contribution in [-0.2, 0) is 4.74 Å². The molecule has 0 aliphatic carbocycles. The smallest absolute Gasteiger partial charge is 0.443 e. The number of carbonyl (C=O) groups excluding carboxylic acids is 1. The molecule has 6 heteroatoms.